The summed E-state index contributed by atoms with van der Waals surface area (Å²) in [5.74, 6) is -1.45. The Balaban J connectivity index is 1.49. The van der Waals surface area contributed by atoms with Crippen molar-refractivity contribution in [2.24, 2.45) is 5.92 Å². The monoisotopic (exact) mass is 419 g/mol. The number of esters is 1. The van der Waals surface area contributed by atoms with Crippen LogP contribution in [0.2, 0.25) is 0 Å². The van der Waals surface area contributed by atoms with Gasteiger partial charge in [0, 0.05) is 24.9 Å². The Kier molecular flexibility index (Phi) is 6.92. The Labute approximate surface area is 171 Å². The number of halogens is 1. The molecular formula is C20H22FN3O4S. The number of amides is 2. The summed E-state index contributed by atoms with van der Waals surface area (Å²) in [6.45, 7) is 2.86. The van der Waals surface area contributed by atoms with Gasteiger partial charge < -0.3 is 15.0 Å². The standard InChI is InChI=1S/C20H22FN3O4S/c1-2-28-18(26)10-16-12-29-20(22-16)23-19(27)14-9-17(25)24(11-14)8-7-13-3-5-15(21)6-4-13/h3-6,12,14H,2,7-11H2,1H3,(H,22,23,27). The minimum atomic E-state index is -0.451. The van der Waals surface area contributed by atoms with E-state index >= 15 is 0 Å². The van der Waals surface area contributed by atoms with Crippen LogP contribution in [0.4, 0.5) is 9.52 Å². The van der Waals surface area contributed by atoms with Crippen LogP contribution in [0.5, 0.6) is 0 Å². The highest BCUT2D eigenvalue weighted by Gasteiger charge is 2.34. The van der Waals surface area contributed by atoms with Crippen LogP contribution in [0.15, 0.2) is 29.6 Å². The first-order valence-electron chi connectivity index (χ1n) is 9.37. The van der Waals surface area contributed by atoms with Crippen molar-refractivity contribution in [1.82, 2.24) is 9.88 Å². The van der Waals surface area contributed by atoms with Crippen molar-refractivity contribution in [2.45, 2.75) is 26.2 Å². The minimum Gasteiger partial charge on any atom is -0.466 e. The summed E-state index contributed by atoms with van der Waals surface area (Å²) in [4.78, 5) is 42.1. The molecule has 0 bridgehead atoms. The van der Waals surface area contributed by atoms with Gasteiger partial charge in [-0.3, -0.25) is 14.4 Å². The lowest BCUT2D eigenvalue weighted by atomic mass is 10.1. The number of thiazole rings is 1. The van der Waals surface area contributed by atoms with Crippen molar-refractivity contribution in [3.8, 4) is 0 Å². The second-order valence-corrected chi connectivity index (χ2v) is 7.59. The fourth-order valence-electron chi connectivity index (χ4n) is 3.09. The smallest absolute Gasteiger partial charge is 0.311 e. The molecule has 0 spiro atoms. The lowest BCUT2D eigenvalue weighted by Gasteiger charge is -2.16. The molecule has 0 aliphatic carbocycles. The van der Waals surface area contributed by atoms with Gasteiger partial charge in [-0.25, -0.2) is 9.37 Å². The molecule has 1 aliphatic rings. The summed E-state index contributed by atoms with van der Waals surface area (Å²) >= 11 is 1.23. The van der Waals surface area contributed by atoms with E-state index in [-0.39, 0.29) is 36.4 Å². The molecule has 1 aromatic carbocycles. The number of anilines is 1. The fraction of sp³-hybridized carbons (Fsp3) is 0.400. The van der Waals surface area contributed by atoms with Crippen LogP contribution < -0.4 is 5.32 Å². The summed E-state index contributed by atoms with van der Waals surface area (Å²) < 4.78 is 17.8. The van der Waals surface area contributed by atoms with Crippen LogP contribution in [0.1, 0.15) is 24.6 Å². The minimum absolute atomic E-state index is 0.0548. The second kappa shape index (κ2) is 9.60. The molecule has 29 heavy (non-hydrogen) atoms. The third-order valence-corrected chi connectivity index (χ3v) is 5.39. The molecule has 1 aliphatic heterocycles. The molecule has 0 radical (unpaired) electrons. The molecule has 2 aromatic rings. The van der Waals surface area contributed by atoms with Crippen molar-refractivity contribution >= 4 is 34.3 Å². The zero-order valence-corrected chi connectivity index (χ0v) is 16.8. The van der Waals surface area contributed by atoms with Gasteiger partial charge in [0.15, 0.2) is 5.13 Å². The number of rotatable bonds is 8. The molecule has 2 heterocycles. The van der Waals surface area contributed by atoms with E-state index in [2.05, 4.69) is 10.3 Å². The Morgan fingerprint density at radius 1 is 1.34 bits per heavy atom. The molecule has 7 nitrogen and oxygen atoms in total. The van der Waals surface area contributed by atoms with Crippen molar-refractivity contribution in [2.75, 3.05) is 25.0 Å². The van der Waals surface area contributed by atoms with Crippen LogP contribution >= 0.6 is 11.3 Å². The predicted molar refractivity (Wildman–Crippen MR) is 106 cm³/mol. The average Bonchev–Trinajstić information content (AvgIpc) is 3.27. The molecule has 9 heteroatoms. The van der Waals surface area contributed by atoms with Gasteiger partial charge in [-0.15, -0.1) is 11.3 Å². The number of ether oxygens (including phenoxy) is 1. The van der Waals surface area contributed by atoms with Crippen LogP contribution in [0.3, 0.4) is 0 Å². The maximum Gasteiger partial charge on any atom is 0.311 e. The number of hydrogen-bond acceptors (Lipinski definition) is 6. The van der Waals surface area contributed by atoms with Gasteiger partial charge in [0.1, 0.15) is 5.82 Å². The maximum atomic E-state index is 13.0. The van der Waals surface area contributed by atoms with Gasteiger partial charge >= 0.3 is 5.97 Å². The van der Waals surface area contributed by atoms with Crippen LogP contribution in [0.25, 0.3) is 0 Å². The van der Waals surface area contributed by atoms with Crippen LogP contribution in [-0.2, 0) is 32.0 Å². The molecule has 1 atom stereocenters. The molecule has 1 aromatic heterocycles. The molecule has 3 rings (SSSR count). The topological polar surface area (TPSA) is 88.6 Å². The number of carbonyl (C=O) groups is 3. The van der Waals surface area contributed by atoms with Crippen molar-refractivity contribution in [3.05, 3.63) is 46.7 Å². The van der Waals surface area contributed by atoms with Gasteiger partial charge in [0.05, 0.1) is 24.6 Å². The van der Waals surface area contributed by atoms with E-state index in [9.17, 15) is 18.8 Å². The maximum absolute atomic E-state index is 13.0. The molecule has 1 fully saturated rings. The fourth-order valence-corrected chi connectivity index (χ4v) is 3.81. The summed E-state index contributed by atoms with van der Waals surface area (Å²) in [6.07, 6.45) is 0.805. The zero-order chi connectivity index (χ0) is 20.8. The van der Waals surface area contributed by atoms with Gasteiger partial charge in [-0.2, -0.15) is 0 Å². The lowest BCUT2D eigenvalue weighted by Crippen LogP contribution is -2.30. The molecule has 0 saturated carbocycles. The quantitative estimate of drug-likeness (QED) is 0.664. The number of likely N-dealkylation sites (tertiary alicyclic amines) is 1. The van der Waals surface area contributed by atoms with Gasteiger partial charge in [0.2, 0.25) is 11.8 Å². The lowest BCUT2D eigenvalue weighted by molar-refractivity contribution is -0.142. The average molecular weight is 419 g/mol. The molecule has 2 amide bonds. The highest BCUT2D eigenvalue weighted by atomic mass is 32.1. The van der Waals surface area contributed by atoms with Crippen molar-refractivity contribution in [1.29, 1.82) is 0 Å². The third kappa shape index (κ3) is 5.83. The van der Waals surface area contributed by atoms with Crippen molar-refractivity contribution in [3.63, 3.8) is 0 Å². The molecule has 154 valence electrons. The highest BCUT2D eigenvalue weighted by Crippen LogP contribution is 2.22. The van der Waals surface area contributed by atoms with Crippen LogP contribution in [-0.4, -0.2) is 47.4 Å². The van der Waals surface area contributed by atoms with E-state index in [1.165, 1.54) is 23.5 Å². The normalized spacial score (nSPS) is 16.1. The number of aromatic nitrogens is 1. The van der Waals surface area contributed by atoms with Gasteiger partial charge in [-0.05, 0) is 31.0 Å². The second-order valence-electron chi connectivity index (χ2n) is 6.73. The summed E-state index contributed by atoms with van der Waals surface area (Å²) in [5, 5.41) is 4.82. The van der Waals surface area contributed by atoms with Crippen molar-refractivity contribution < 1.29 is 23.5 Å². The number of hydrogen-bond donors (Lipinski definition) is 1. The van der Waals surface area contributed by atoms with E-state index in [0.717, 1.165) is 5.56 Å². The Bertz CT molecular complexity index is 884. The zero-order valence-electron chi connectivity index (χ0n) is 16.0. The predicted octanol–water partition coefficient (Wildman–Crippen LogP) is 2.42. The largest absolute Gasteiger partial charge is 0.466 e. The highest BCUT2D eigenvalue weighted by molar-refractivity contribution is 7.13. The molecule has 1 unspecified atom stereocenters. The molecule has 1 saturated heterocycles. The molecular weight excluding hydrogens is 397 g/mol. The Morgan fingerprint density at radius 2 is 2.10 bits per heavy atom. The van der Waals surface area contributed by atoms with Gasteiger partial charge in [0.25, 0.3) is 0 Å². The number of benzene rings is 1. The van der Waals surface area contributed by atoms with Gasteiger partial charge in [-0.1, -0.05) is 12.1 Å². The first-order chi connectivity index (χ1) is 13.9. The third-order valence-electron chi connectivity index (χ3n) is 4.58. The van der Waals surface area contributed by atoms with E-state index in [0.29, 0.717) is 36.9 Å². The van der Waals surface area contributed by atoms with E-state index in [1.54, 1.807) is 29.3 Å². The Morgan fingerprint density at radius 3 is 2.83 bits per heavy atom. The van der Waals surface area contributed by atoms with E-state index in [1.807, 2.05) is 0 Å². The van der Waals surface area contributed by atoms with E-state index < -0.39 is 5.92 Å². The SMILES string of the molecule is CCOC(=O)Cc1csc(NC(=O)C2CC(=O)N(CCc3ccc(F)cc3)C2)n1. The summed E-state index contributed by atoms with van der Waals surface area (Å²) in [7, 11) is 0. The van der Waals surface area contributed by atoms with E-state index in [4.69, 9.17) is 4.74 Å². The van der Waals surface area contributed by atoms with Crippen LogP contribution in [0, 0.1) is 11.7 Å². The Hall–Kier alpha value is -2.81. The summed E-state index contributed by atoms with van der Waals surface area (Å²) in [5.41, 5.74) is 1.47. The number of nitrogens with one attached hydrogen (secondary N) is 1. The summed E-state index contributed by atoms with van der Waals surface area (Å²) in [6, 6.07) is 6.16. The first-order valence-corrected chi connectivity index (χ1v) is 10.3. The number of nitrogens with zero attached hydrogens (tertiary/aromatic N) is 2. The molecule has 1 N–H and O–H groups in total. The first kappa shape index (κ1) is 20.9. The number of carbonyl (C=O) groups excluding carboxylic acids is 3.